The summed E-state index contributed by atoms with van der Waals surface area (Å²) < 4.78 is 6.82. The number of primary amides is 1. The molecule has 0 aliphatic carbocycles. The standard InChI is InChI=1S/C25H24N2O2/c1-24(2)20-9-5-6-10-21(20)27(16-14-23(26)28)25(24)15-13-19-18-8-4-3-7-17(18)11-12-22(19)29-25/h3-13,15H,14,16H2,1-2H3,(H2,26,28)/t25-/m1/s1. The molecule has 0 aromatic heterocycles. The summed E-state index contributed by atoms with van der Waals surface area (Å²) in [6.45, 7) is 4.90. The van der Waals surface area contributed by atoms with Gasteiger partial charge in [-0.05, 0) is 54.5 Å². The van der Waals surface area contributed by atoms with Crippen LogP contribution in [0.3, 0.4) is 0 Å². The Balaban J connectivity index is 1.68. The molecule has 0 bridgehead atoms. The van der Waals surface area contributed by atoms with E-state index in [9.17, 15) is 4.79 Å². The summed E-state index contributed by atoms with van der Waals surface area (Å²) in [5.74, 6) is 0.546. The third-order valence-corrected chi connectivity index (χ3v) is 6.42. The van der Waals surface area contributed by atoms with Gasteiger partial charge < -0.3 is 15.4 Å². The van der Waals surface area contributed by atoms with Crippen molar-refractivity contribution in [2.75, 3.05) is 11.4 Å². The van der Waals surface area contributed by atoms with E-state index >= 15 is 0 Å². The summed E-state index contributed by atoms with van der Waals surface area (Å²) in [5, 5.41) is 2.36. The molecule has 1 amide bonds. The summed E-state index contributed by atoms with van der Waals surface area (Å²) in [7, 11) is 0. The van der Waals surface area contributed by atoms with Crippen molar-refractivity contribution in [3.05, 3.63) is 77.9 Å². The summed E-state index contributed by atoms with van der Waals surface area (Å²) >= 11 is 0. The number of para-hydroxylation sites is 1. The number of hydrogen-bond acceptors (Lipinski definition) is 3. The van der Waals surface area contributed by atoms with E-state index in [0.717, 1.165) is 17.0 Å². The zero-order chi connectivity index (χ0) is 20.2. The molecule has 2 aliphatic rings. The maximum Gasteiger partial charge on any atom is 0.219 e. The molecule has 4 heteroatoms. The number of benzene rings is 3. The predicted octanol–water partition coefficient (Wildman–Crippen LogP) is 4.61. The van der Waals surface area contributed by atoms with E-state index in [1.807, 2.05) is 18.2 Å². The Bertz CT molecular complexity index is 1160. The van der Waals surface area contributed by atoms with Crippen LogP contribution in [0.5, 0.6) is 5.75 Å². The van der Waals surface area contributed by atoms with Crippen molar-refractivity contribution in [2.24, 2.45) is 5.73 Å². The van der Waals surface area contributed by atoms with Crippen molar-refractivity contribution in [1.82, 2.24) is 0 Å². The van der Waals surface area contributed by atoms with Crippen molar-refractivity contribution >= 4 is 28.4 Å². The largest absolute Gasteiger partial charge is 0.463 e. The molecule has 3 aromatic carbocycles. The zero-order valence-corrected chi connectivity index (χ0v) is 16.7. The Labute approximate surface area is 170 Å². The quantitative estimate of drug-likeness (QED) is 0.717. The summed E-state index contributed by atoms with van der Waals surface area (Å²) in [4.78, 5) is 13.8. The first kappa shape index (κ1) is 17.8. The Kier molecular flexibility index (Phi) is 3.75. The molecule has 2 aliphatic heterocycles. The number of nitrogens with two attached hydrogens (primary N) is 1. The highest BCUT2D eigenvalue weighted by Crippen LogP contribution is 2.55. The fraction of sp³-hybridized carbons (Fsp3) is 0.240. The van der Waals surface area contributed by atoms with Gasteiger partial charge >= 0.3 is 0 Å². The maximum atomic E-state index is 11.6. The third-order valence-electron chi connectivity index (χ3n) is 6.42. The Morgan fingerprint density at radius 3 is 2.62 bits per heavy atom. The van der Waals surface area contributed by atoms with Gasteiger partial charge in [-0.1, -0.05) is 48.5 Å². The Morgan fingerprint density at radius 1 is 1.03 bits per heavy atom. The van der Waals surface area contributed by atoms with E-state index < -0.39 is 5.72 Å². The minimum Gasteiger partial charge on any atom is -0.463 e. The van der Waals surface area contributed by atoms with Gasteiger partial charge in [-0.25, -0.2) is 0 Å². The SMILES string of the molecule is CC1(C)c2ccccc2N(CCC(N)=O)[C@@]12C=Cc1c(ccc3ccccc13)O2. The molecule has 1 atom stereocenters. The van der Waals surface area contributed by atoms with Crippen LogP contribution in [-0.4, -0.2) is 18.2 Å². The molecule has 0 saturated carbocycles. The molecular formula is C25H24N2O2. The molecular weight excluding hydrogens is 360 g/mol. The second-order valence-electron chi connectivity index (χ2n) is 8.34. The van der Waals surface area contributed by atoms with Gasteiger partial charge in [0.1, 0.15) is 5.75 Å². The fourth-order valence-electron chi connectivity index (χ4n) is 4.87. The summed E-state index contributed by atoms with van der Waals surface area (Å²) in [5.41, 5.74) is 7.84. The maximum absolute atomic E-state index is 11.6. The lowest BCUT2D eigenvalue weighted by Gasteiger charge is -2.47. The van der Waals surface area contributed by atoms with Gasteiger partial charge in [0.05, 0.1) is 5.41 Å². The number of amides is 1. The number of ether oxygens (including phenoxy) is 1. The molecule has 0 fully saturated rings. The number of hydrogen-bond donors (Lipinski definition) is 1. The fourth-order valence-corrected chi connectivity index (χ4v) is 4.87. The molecule has 0 radical (unpaired) electrons. The van der Waals surface area contributed by atoms with Gasteiger partial charge in [0.25, 0.3) is 0 Å². The van der Waals surface area contributed by atoms with Crippen LogP contribution in [0.4, 0.5) is 5.69 Å². The van der Waals surface area contributed by atoms with Crippen LogP contribution < -0.4 is 15.4 Å². The van der Waals surface area contributed by atoms with Gasteiger partial charge in [-0.2, -0.15) is 0 Å². The van der Waals surface area contributed by atoms with E-state index in [-0.39, 0.29) is 17.7 Å². The third kappa shape index (κ3) is 2.42. The molecule has 2 N–H and O–H groups in total. The molecule has 0 unspecified atom stereocenters. The number of nitrogens with zero attached hydrogens (tertiary/aromatic N) is 1. The first-order chi connectivity index (χ1) is 13.9. The van der Waals surface area contributed by atoms with Crippen molar-refractivity contribution in [3.8, 4) is 5.75 Å². The highest BCUT2D eigenvalue weighted by molar-refractivity contribution is 5.94. The van der Waals surface area contributed by atoms with Gasteiger partial charge in [0, 0.05) is 24.2 Å². The molecule has 2 heterocycles. The highest BCUT2D eigenvalue weighted by atomic mass is 16.5. The van der Waals surface area contributed by atoms with Gasteiger partial charge in [0.15, 0.2) is 0 Å². The lowest BCUT2D eigenvalue weighted by Crippen LogP contribution is -2.60. The molecule has 146 valence electrons. The van der Waals surface area contributed by atoms with Gasteiger partial charge in [-0.15, -0.1) is 0 Å². The second-order valence-corrected chi connectivity index (χ2v) is 8.34. The molecule has 4 nitrogen and oxygen atoms in total. The van der Waals surface area contributed by atoms with Crippen LogP contribution in [-0.2, 0) is 10.2 Å². The minimum absolute atomic E-state index is 0.272. The highest BCUT2D eigenvalue weighted by Gasteiger charge is 2.58. The topological polar surface area (TPSA) is 55.6 Å². The smallest absolute Gasteiger partial charge is 0.219 e. The van der Waals surface area contributed by atoms with Gasteiger partial charge in [0.2, 0.25) is 11.6 Å². The van der Waals surface area contributed by atoms with Crippen LogP contribution in [0.15, 0.2) is 66.7 Å². The molecule has 0 saturated heterocycles. The van der Waals surface area contributed by atoms with Crippen molar-refractivity contribution in [1.29, 1.82) is 0 Å². The summed E-state index contributed by atoms with van der Waals surface area (Å²) in [6.07, 6.45) is 4.60. The van der Waals surface area contributed by atoms with Gasteiger partial charge in [-0.3, -0.25) is 4.79 Å². The lowest BCUT2D eigenvalue weighted by atomic mass is 9.76. The number of rotatable bonds is 3. The second kappa shape index (κ2) is 6.11. The zero-order valence-electron chi connectivity index (χ0n) is 16.7. The summed E-state index contributed by atoms with van der Waals surface area (Å²) in [6, 6.07) is 20.8. The normalized spacial score (nSPS) is 21.1. The van der Waals surface area contributed by atoms with Crippen LogP contribution in [0.25, 0.3) is 16.8 Å². The molecule has 3 aromatic rings. The van der Waals surface area contributed by atoms with Crippen LogP contribution in [0.2, 0.25) is 0 Å². The number of carbonyl (C=O) groups excluding carboxylic acids is 1. The van der Waals surface area contributed by atoms with E-state index in [1.54, 1.807) is 0 Å². The van der Waals surface area contributed by atoms with Crippen molar-refractivity contribution in [2.45, 2.75) is 31.4 Å². The molecule has 5 rings (SSSR count). The van der Waals surface area contributed by atoms with E-state index in [2.05, 4.69) is 73.4 Å². The van der Waals surface area contributed by atoms with E-state index in [1.165, 1.54) is 16.3 Å². The lowest BCUT2D eigenvalue weighted by molar-refractivity contribution is -0.117. The molecule has 1 spiro atoms. The van der Waals surface area contributed by atoms with E-state index in [0.29, 0.717) is 6.54 Å². The molecule has 29 heavy (non-hydrogen) atoms. The average Bonchev–Trinajstić information content (AvgIpc) is 2.90. The van der Waals surface area contributed by atoms with Crippen LogP contribution >= 0.6 is 0 Å². The van der Waals surface area contributed by atoms with E-state index in [4.69, 9.17) is 10.5 Å². The number of carbonyl (C=O) groups is 1. The first-order valence-corrected chi connectivity index (χ1v) is 9.99. The number of fused-ring (bicyclic) bond motifs is 4. The predicted molar refractivity (Wildman–Crippen MR) is 117 cm³/mol. The van der Waals surface area contributed by atoms with Crippen molar-refractivity contribution < 1.29 is 9.53 Å². The van der Waals surface area contributed by atoms with Crippen molar-refractivity contribution in [3.63, 3.8) is 0 Å². The van der Waals surface area contributed by atoms with Crippen LogP contribution in [0, 0.1) is 0 Å². The Morgan fingerprint density at radius 2 is 1.79 bits per heavy atom. The average molecular weight is 384 g/mol. The number of anilines is 1. The monoisotopic (exact) mass is 384 g/mol. The first-order valence-electron chi connectivity index (χ1n) is 9.99. The minimum atomic E-state index is -0.721. The van der Waals surface area contributed by atoms with Crippen LogP contribution in [0.1, 0.15) is 31.4 Å². The Hall–Kier alpha value is -3.27.